The van der Waals surface area contributed by atoms with E-state index in [4.69, 9.17) is 4.74 Å². The van der Waals surface area contributed by atoms with Crippen LogP contribution >= 0.6 is 0 Å². The third-order valence-corrected chi connectivity index (χ3v) is 5.67. The summed E-state index contributed by atoms with van der Waals surface area (Å²) in [6, 6.07) is 0.177. The lowest BCUT2D eigenvalue weighted by Gasteiger charge is -2.37. The van der Waals surface area contributed by atoms with Gasteiger partial charge in [0.15, 0.2) is 0 Å². The van der Waals surface area contributed by atoms with E-state index < -0.39 is 5.54 Å². The molecule has 4 aliphatic rings. The molecule has 5 nitrogen and oxygen atoms in total. The van der Waals surface area contributed by atoms with Crippen LogP contribution in [0.25, 0.3) is 0 Å². The van der Waals surface area contributed by atoms with Gasteiger partial charge in [0.2, 0.25) is 11.8 Å². The minimum Gasteiger partial charge on any atom is -0.376 e. The second-order valence-electron chi connectivity index (χ2n) is 7.30. The van der Waals surface area contributed by atoms with E-state index in [9.17, 15) is 9.59 Å². The van der Waals surface area contributed by atoms with Crippen molar-refractivity contribution in [1.29, 1.82) is 0 Å². The molecular weight excluding hydrogens is 268 g/mol. The largest absolute Gasteiger partial charge is 0.376 e. The minimum atomic E-state index is -0.690. The van der Waals surface area contributed by atoms with Crippen LogP contribution in [-0.4, -0.2) is 47.6 Å². The Bertz CT molecular complexity index is 472. The maximum absolute atomic E-state index is 13.1. The number of carbonyl (C=O) groups is 2. The predicted molar refractivity (Wildman–Crippen MR) is 76.5 cm³/mol. The first-order valence-electron chi connectivity index (χ1n) is 8.33. The molecule has 0 bridgehead atoms. The lowest BCUT2D eigenvalue weighted by molar-refractivity contribution is -0.142. The minimum absolute atomic E-state index is 0.0159. The van der Waals surface area contributed by atoms with E-state index in [0.717, 1.165) is 25.9 Å². The zero-order chi connectivity index (χ0) is 14.6. The Balaban J connectivity index is 1.60. The fourth-order valence-corrected chi connectivity index (χ4v) is 4.09. The third kappa shape index (κ3) is 2.26. The molecule has 2 heterocycles. The molecule has 1 N–H and O–H groups in total. The number of hydrogen-bond acceptors (Lipinski definition) is 3. The summed E-state index contributed by atoms with van der Waals surface area (Å²) in [6.45, 7) is 3.21. The van der Waals surface area contributed by atoms with E-state index in [1.807, 2.05) is 11.8 Å². The number of carbonyl (C=O) groups excluding carboxylic acids is 2. The second kappa shape index (κ2) is 4.70. The Hall–Kier alpha value is -1.10. The monoisotopic (exact) mass is 292 g/mol. The molecule has 0 aromatic carbocycles. The summed E-state index contributed by atoms with van der Waals surface area (Å²) < 4.78 is 5.90. The highest BCUT2D eigenvalue weighted by Gasteiger charge is 2.54. The lowest BCUT2D eigenvalue weighted by atomic mass is 9.92. The van der Waals surface area contributed by atoms with Crippen LogP contribution in [0.15, 0.2) is 0 Å². The highest BCUT2D eigenvalue weighted by molar-refractivity contribution is 5.94. The van der Waals surface area contributed by atoms with Crippen LogP contribution in [-0.2, 0) is 14.3 Å². The molecule has 2 aliphatic carbocycles. The molecule has 2 aliphatic heterocycles. The summed E-state index contributed by atoms with van der Waals surface area (Å²) >= 11 is 0. The molecule has 0 aromatic heterocycles. The van der Waals surface area contributed by atoms with E-state index in [1.54, 1.807) is 0 Å². The molecular formula is C16H24N2O3. The number of rotatable bonds is 3. The highest BCUT2D eigenvalue weighted by atomic mass is 16.5. The van der Waals surface area contributed by atoms with E-state index >= 15 is 0 Å². The number of ether oxygens (including phenoxy) is 1. The molecule has 2 saturated heterocycles. The van der Waals surface area contributed by atoms with Crippen molar-refractivity contribution < 1.29 is 14.3 Å². The zero-order valence-electron chi connectivity index (χ0n) is 12.6. The topological polar surface area (TPSA) is 58.6 Å². The van der Waals surface area contributed by atoms with Gasteiger partial charge in [-0.3, -0.25) is 9.59 Å². The standard InChI is InChI=1S/C16H24N2O3/c1-16(11-4-5-11)15(20)18(8-6-13(19)17-16)12-7-9-21-14(12)10-2-3-10/h10-12,14H,2-9H2,1H3,(H,17,19). The average Bonchev–Trinajstić information content (AvgIpc) is 3.35. The zero-order valence-corrected chi connectivity index (χ0v) is 12.6. The summed E-state index contributed by atoms with van der Waals surface area (Å²) in [4.78, 5) is 27.1. The fraction of sp³-hybridized carbons (Fsp3) is 0.875. The maximum Gasteiger partial charge on any atom is 0.248 e. The van der Waals surface area contributed by atoms with E-state index in [1.165, 1.54) is 12.8 Å². The van der Waals surface area contributed by atoms with Crippen molar-refractivity contribution in [3.8, 4) is 0 Å². The van der Waals surface area contributed by atoms with Crippen molar-refractivity contribution >= 4 is 11.8 Å². The van der Waals surface area contributed by atoms with E-state index in [0.29, 0.717) is 24.8 Å². The summed E-state index contributed by atoms with van der Waals surface area (Å²) in [5, 5.41) is 3.01. The van der Waals surface area contributed by atoms with E-state index in [-0.39, 0.29) is 24.0 Å². The smallest absolute Gasteiger partial charge is 0.248 e. The van der Waals surface area contributed by atoms with Crippen molar-refractivity contribution in [3.63, 3.8) is 0 Å². The Kier molecular flexibility index (Phi) is 3.03. The van der Waals surface area contributed by atoms with Gasteiger partial charge in [0, 0.05) is 19.6 Å². The SMILES string of the molecule is CC1(C2CC2)NC(=O)CCN(C2CCOC2C2CC2)C1=O. The van der Waals surface area contributed by atoms with Crippen LogP contribution in [0.4, 0.5) is 0 Å². The highest BCUT2D eigenvalue weighted by Crippen LogP contribution is 2.44. The fourth-order valence-electron chi connectivity index (χ4n) is 4.09. The summed E-state index contributed by atoms with van der Waals surface area (Å²) in [5.41, 5.74) is -0.690. The molecule has 2 saturated carbocycles. The molecule has 116 valence electrons. The van der Waals surface area contributed by atoms with Gasteiger partial charge in [-0.25, -0.2) is 0 Å². The normalized spacial score (nSPS) is 41.1. The molecule has 4 fully saturated rings. The third-order valence-electron chi connectivity index (χ3n) is 5.67. The van der Waals surface area contributed by atoms with Gasteiger partial charge in [-0.15, -0.1) is 0 Å². The van der Waals surface area contributed by atoms with Crippen LogP contribution < -0.4 is 5.32 Å². The predicted octanol–water partition coefficient (Wildman–Crippen LogP) is 1.07. The summed E-state index contributed by atoms with van der Waals surface area (Å²) in [6.07, 6.45) is 6.07. The van der Waals surface area contributed by atoms with E-state index in [2.05, 4.69) is 5.32 Å². The molecule has 3 atom stereocenters. The Morgan fingerprint density at radius 3 is 2.62 bits per heavy atom. The van der Waals surface area contributed by atoms with Crippen molar-refractivity contribution in [2.75, 3.05) is 13.2 Å². The van der Waals surface area contributed by atoms with Crippen molar-refractivity contribution in [2.24, 2.45) is 11.8 Å². The van der Waals surface area contributed by atoms with Gasteiger partial charge in [0.1, 0.15) is 5.54 Å². The summed E-state index contributed by atoms with van der Waals surface area (Å²) in [7, 11) is 0. The molecule has 0 aromatic rings. The van der Waals surface area contributed by atoms with Gasteiger partial charge < -0.3 is 15.0 Å². The maximum atomic E-state index is 13.1. The first-order chi connectivity index (χ1) is 10.1. The lowest BCUT2D eigenvalue weighted by Crippen LogP contribution is -2.59. The van der Waals surface area contributed by atoms with Crippen LogP contribution in [0.2, 0.25) is 0 Å². The van der Waals surface area contributed by atoms with Crippen LogP contribution in [0.1, 0.15) is 45.4 Å². The van der Waals surface area contributed by atoms with Gasteiger partial charge in [0.05, 0.1) is 12.1 Å². The Labute approximate surface area is 125 Å². The van der Waals surface area contributed by atoms with Crippen LogP contribution in [0.5, 0.6) is 0 Å². The van der Waals surface area contributed by atoms with Crippen molar-refractivity contribution in [2.45, 2.75) is 63.1 Å². The summed E-state index contributed by atoms with van der Waals surface area (Å²) in [5.74, 6) is 1.08. The quantitative estimate of drug-likeness (QED) is 0.846. The number of nitrogens with zero attached hydrogens (tertiary/aromatic N) is 1. The molecule has 0 spiro atoms. The van der Waals surface area contributed by atoms with Gasteiger partial charge in [-0.05, 0) is 50.9 Å². The van der Waals surface area contributed by atoms with Gasteiger partial charge in [0.25, 0.3) is 0 Å². The van der Waals surface area contributed by atoms with Crippen LogP contribution in [0, 0.1) is 11.8 Å². The molecule has 0 radical (unpaired) electrons. The Morgan fingerprint density at radius 1 is 1.19 bits per heavy atom. The van der Waals surface area contributed by atoms with Crippen molar-refractivity contribution in [3.05, 3.63) is 0 Å². The van der Waals surface area contributed by atoms with Gasteiger partial charge in [-0.1, -0.05) is 0 Å². The molecule has 21 heavy (non-hydrogen) atoms. The van der Waals surface area contributed by atoms with Crippen molar-refractivity contribution in [1.82, 2.24) is 10.2 Å². The number of hydrogen-bond donors (Lipinski definition) is 1. The molecule has 3 unspecified atom stereocenters. The molecule has 5 heteroatoms. The molecule has 4 rings (SSSR count). The first-order valence-corrected chi connectivity index (χ1v) is 8.33. The van der Waals surface area contributed by atoms with Gasteiger partial charge in [-0.2, -0.15) is 0 Å². The Morgan fingerprint density at radius 2 is 1.95 bits per heavy atom. The number of nitrogens with one attached hydrogen (secondary N) is 1. The van der Waals surface area contributed by atoms with Crippen LogP contribution in [0.3, 0.4) is 0 Å². The second-order valence-corrected chi connectivity index (χ2v) is 7.30. The molecule has 2 amide bonds. The average molecular weight is 292 g/mol. The number of amides is 2. The first kappa shape index (κ1) is 13.6. The van der Waals surface area contributed by atoms with Gasteiger partial charge >= 0.3 is 0 Å².